The standard InChI is InChI=1S/C16H25NOS/c1-11(2)17-19-12-7-8-14-13(9-12)15(3,4)10-16(5,6)18-14/h7-9,11,17H,10H2,1-6H3. The highest BCUT2D eigenvalue weighted by Gasteiger charge is 2.38. The number of nitrogens with one attached hydrogen (secondary N) is 1. The van der Waals surface area contributed by atoms with Gasteiger partial charge in [-0.05, 0) is 69.7 Å². The molecule has 0 bridgehead atoms. The first-order valence-electron chi connectivity index (χ1n) is 6.96. The zero-order chi connectivity index (χ0) is 14.3. The minimum Gasteiger partial charge on any atom is -0.488 e. The maximum absolute atomic E-state index is 6.11. The van der Waals surface area contributed by atoms with Crippen molar-refractivity contribution in [2.24, 2.45) is 0 Å². The second kappa shape index (κ2) is 5.02. The third-order valence-electron chi connectivity index (χ3n) is 3.35. The van der Waals surface area contributed by atoms with Crippen molar-refractivity contribution < 1.29 is 4.74 Å². The molecule has 0 atom stereocenters. The van der Waals surface area contributed by atoms with Crippen LogP contribution in [0.1, 0.15) is 53.5 Å². The van der Waals surface area contributed by atoms with Gasteiger partial charge < -0.3 is 4.74 Å². The summed E-state index contributed by atoms with van der Waals surface area (Å²) in [5.41, 5.74) is 1.40. The van der Waals surface area contributed by atoms with Gasteiger partial charge in [0.05, 0.1) is 0 Å². The van der Waals surface area contributed by atoms with Crippen molar-refractivity contribution in [3.05, 3.63) is 23.8 Å². The zero-order valence-electron chi connectivity index (χ0n) is 12.8. The summed E-state index contributed by atoms with van der Waals surface area (Å²) in [6, 6.07) is 6.99. The topological polar surface area (TPSA) is 21.3 Å². The molecule has 0 saturated carbocycles. The molecule has 0 amide bonds. The molecular weight excluding hydrogens is 254 g/mol. The van der Waals surface area contributed by atoms with E-state index in [0.717, 1.165) is 12.2 Å². The van der Waals surface area contributed by atoms with Gasteiger partial charge in [-0.3, -0.25) is 4.72 Å². The van der Waals surface area contributed by atoms with E-state index in [0.29, 0.717) is 6.04 Å². The molecule has 1 aromatic rings. The predicted octanol–water partition coefficient (Wildman–Crippen LogP) is 4.53. The minimum atomic E-state index is -0.0820. The number of hydrogen-bond donors (Lipinski definition) is 1. The Morgan fingerprint density at radius 2 is 1.89 bits per heavy atom. The Morgan fingerprint density at radius 3 is 2.53 bits per heavy atom. The van der Waals surface area contributed by atoms with Crippen molar-refractivity contribution in [3.63, 3.8) is 0 Å². The van der Waals surface area contributed by atoms with Crippen LogP contribution < -0.4 is 9.46 Å². The lowest BCUT2D eigenvalue weighted by molar-refractivity contribution is 0.0532. The average Bonchev–Trinajstić information content (AvgIpc) is 2.24. The van der Waals surface area contributed by atoms with Crippen LogP contribution in [-0.2, 0) is 5.41 Å². The molecule has 0 unspecified atom stereocenters. The summed E-state index contributed by atoms with van der Waals surface area (Å²) in [6.45, 7) is 13.3. The Hall–Kier alpha value is -0.670. The largest absolute Gasteiger partial charge is 0.488 e. The van der Waals surface area contributed by atoms with Crippen molar-refractivity contribution in [3.8, 4) is 5.75 Å². The highest BCUT2D eigenvalue weighted by Crippen LogP contribution is 2.45. The van der Waals surface area contributed by atoms with Crippen molar-refractivity contribution in [1.29, 1.82) is 0 Å². The van der Waals surface area contributed by atoms with Gasteiger partial charge in [-0.2, -0.15) is 0 Å². The van der Waals surface area contributed by atoms with Crippen LogP contribution in [0, 0.1) is 0 Å². The van der Waals surface area contributed by atoms with Crippen molar-refractivity contribution in [1.82, 2.24) is 4.72 Å². The predicted molar refractivity (Wildman–Crippen MR) is 82.9 cm³/mol. The maximum atomic E-state index is 6.11. The molecule has 19 heavy (non-hydrogen) atoms. The van der Waals surface area contributed by atoms with Crippen LogP contribution >= 0.6 is 11.9 Å². The Labute approximate surface area is 121 Å². The van der Waals surface area contributed by atoms with Gasteiger partial charge in [0.25, 0.3) is 0 Å². The monoisotopic (exact) mass is 279 g/mol. The highest BCUT2D eigenvalue weighted by atomic mass is 32.2. The lowest BCUT2D eigenvalue weighted by atomic mass is 9.74. The molecule has 0 radical (unpaired) electrons. The number of hydrogen-bond acceptors (Lipinski definition) is 3. The average molecular weight is 279 g/mol. The van der Waals surface area contributed by atoms with E-state index < -0.39 is 0 Å². The van der Waals surface area contributed by atoms with E-state index in [1.165, 1.54) is 10.5 Å². The lowest BCUT2D eigenvalue weighted by Gasteiger charge is -2.42. The fourth-order valence-corrected chi connectivity index (χ4v) is 3.55. The van der Waals surface area contributed by atoms with Gasteiger partial charge in [-0.25, -0.2) is 0 Å². The summed E-state index contributed by atoms with van der Waals surface area (Å²) in [5, 5.41) is 0. The van der Waals surface area contributed by atoms with E-state index in [1.54, 1.807) is 11.9 Å². The first-order chi connectivity index (χ1) is 8.70. The van der Waals surface area contributed by atoms with E-state index in [1.807, 2.05) is 0 Å². The molecule has 0 spiro atoms. The fourth-order valence-electron chi connectivity index (χ4n) is 2.87. The van der Waals surface area contributed by atoms with Crippen LogP contribution in [0.25, 0.3) is 0 Å². The minimum absolute atomic E-state index is 0.0820. The van der Waals surface area contributed by atoms with Crippen molar-refractivity contribution >= 4 is 11.9 Å². The normalized spacial score (nSPS) is 19.9. The summed E-state index contributed by atoms with van der Waals surface area (Å²) in [4.78, 5) is 1.25. The van der Waals surface area contributed by atoms with E-state index in [-0.39, 0.29) is 11.0 Å². The Bertz CT molecular complexity index is 466. The third-order valence-corrected chi connectivity index (χ3v) is 4.43. The van der Waals surface area contributed by atoms with Crippen molar-refractivity contribution in [2.75, 3.05) is 0 Å². The zero-order valence-corrected chi connectivity index (χ0v) is 13.6. The first-order valence-corrected chi connectivity index (χ1v) is 7.77. The molecule has 2 nitrogen and oxygen atoms in total. The van der Waals surface area contributed by atoms with Gasteiger partial charge in [0.15, 0.2) is 0 Å². The molecule has 1 N–H and O–H groups in total. The van der Waals surface area contributed by atoms with E-state index in [9.17, 15) is 0 Å². The molecule has 1 heterocycles. The molecule has 3 heteroatoms. The van der Waals surface area contributed by atoms with Crippen LogP contribution in [0.4, 0.5) is 0 Å². The molecule has 0 aliphatic carbocycles. The summed E-state index contributed by atoms with van der Waals surface area (Å²) in [5.74, 6) is 1.04. The van der Waals surface area contributed by atoms with Crippen LogP contribution in [0.3, 0.4) is 0 Å². The summed E-state index contributed by atoms with van der Waals surface area (Å²) in [7, 11) is 0. The quantitative estimate of drug-likeness (QED) is 0.821. The summed E-state index contributed by atoms with van der Waals surface area (Å²) in [6.07, 6.45) is 1.04. The summed E-state index contributed by atoms with van der Waals surface area (Å²) >= 11 is 1.70. The molecular formula is C16H25NOS. The summed E-state index contributed by atoms with van der Waals surface area (Å²) < 4.78 is 9.49. The number of ether oxygens (including phenoxy) is 1. The second-order valence-corrected chi connectivity index (χ2v) is 7.87. The van der Waals surface area contributed by atoms with Gasteiger partial charge in [-0.15, -0.1) is 0 Å². The number of benzene rings is 1. The molecule has 106 valence electrons. The smallest absolute Gasteiger partial charge is 0.123 e. The SMILES string of the molecule is CC(C)NSc1ccc2c(c1)C(C)(C)CC(C)(C)O2. The second-order valence-electron chi connectivity index (χ2n) is 6.95. The van der Waals surface area contributed by atoms with Gasteiger partial charge in [0, 0.05) is 16.5 Å². The molecule has 1 aliphatic heterocycles. The number of rotatable bonds is 3. The molecule has 0 fully saturated rings. The van der Waals surface area contributed by atoms with E-state index in [4.69, 9.17) is 4.74 Å². The van der Waals surface area contributed by atoms with Gasteiger partial charge in [-0.1, -0.05) is 13.8 Å². The van der Waals surface area contributed by atoms with Crippen LogP contribution in [0.5, 0.6) is 5.75 Å². The molecule has 0 aromatic heterocycles. The molecule has 2 rings (SSSR count). The first kappa shape index (κ1) is 14.7. The van der Waals surface area contributed by atoms with Gasteiger partial charge in [0.1, 0.15) is 11.4 Å². The van der Waals surface area contributed by atoms with Crippen LogP contribution in [0.2, 0.25) is 0 Å². The van der Waals surface area contributed by atoms with Crippen LogP contribution in [0.15, 0.2) is 23.1 Å². The Kier molecular flexibility index (Phi) is 3.90. The van der Waals surface area contributed by atoms with Crippen LogP contribution in [-0.4, -0.2) is 11.6 Å². The fraction of sp³-hybridized carbons (Fsp3) is 0.625. The lowest BCUT2D eigenvalue weighted by Crippen LogP contribution is -2.41. The Morgan fingerprint density at radius 1 is 1.21 bits per heavy atom. The highest BCUT2D eigenvalue weighted by molar-refractivity contribution is 7.97. The molecule has 0 saturated heterocycles. The van der Waals surface area contributed by atoms with Gasteiger partial charge in [0.2, 0.25) is 0 Å². The molecule has 1 aromatic carbocycles. The maximum Gasteiger partial charge on any atom is 0.123 e. The third kappa shape index (κ3) is 3.46. The van der Waals surface area contributed by atoms with E-state index >= 15 is 0 Å². The number of fused-ring (bicyclic) bond motifs is 1. The van der Waals surface area contributed by atoms with E-state index in [2.05, 4.69) is 64.5 Å². The Balaban J connectivity index is 2.29. The molecule has 1 aliphatic rings. The van der Waals surface area contributed by atoms with Gasteiger partial charge >= 0.3 is 0 Å². The van der Waals surface area contributed by atoms with Crippen molar-refractivity contribution in [2.45, 2.75) is 69.9 Å².